The van der Waals surface area contributed by atoms with Crippen molar-refractivity contribution in [1.82, 2.24) is 4.98 Å². The largest absolute Gasteiger partial charge is 0.507 e. The number of amides is 1. The summed E-state index contributed by atoms with van der Waals surface area (Å²) in [6, 6.07) is 16.7. The number of aliphatic hydroxyl groups excluding tert-OH is 1. The summed E-state index contributed by atoms with van der Waals surface area (Å²) >= 11 is 0. The van der Waals surface area contributed by atoms with Gasteiger partial charge in [0, 0.05) is 23.6 Å². The van der Waals surface area contributed by atoms with E-state index < -0.39 is 17.7 Å². The lowest BCUT2D eigenvalue weighted by molar-refractivity contribution is -0.132. The zero-order chi connectivity index (χ0) is 21.3. The number of pyridine rings is 1. The van der Waals surface area contributed by atoms with Crippen molar-refractivity contribution in [1.29, 1.82) is 0 Å². The summed E-state index contributed by atoms with van der Waals surface area (Å²) in [7, 11) is 1.55. The van der Waals surface area contributed by atoms with Gasteiger partial charge in [0.1, 0.15) is 11.5 Å². The van der Waals surface area contributed by atoms with Gasteiger partial charge in [-0.1, -0.05) is 12.1 Å². The molecule has 0 saturated carbocycles. The Hall–Kier alpha value is -3.93. The first-order valence-corrected chi connectivity index (χ1v) is 9.43. The van der Waals surface area contributed by atoms with Crippen LogP contribution in [0.5, 0.6) is 5.75 Å². The summed E-state index contributed by atoms with van der Waals surface area (Å²) in [6.45, 7) is 1.92. The zero-order valence-electron chi connectivity index (χ0n) is 16.6. The van der Waals surface area contributed by atoms with E-state index in [2.05, 4.69) is 4.98 Å². The molecule has 0 bridgehead atoms. The number of aliphatic hydroxyl groups is 1. The summed E-state index contributed by atoms with van der Waals surface area (Å²) in [6.07, 6.45) is 3.19. The Labute approximate surface area is 174 Å². The van der Waals surface area contributed by atoms with Gasteiger partial charge in [-0.2, -0.15) is 0 Å². The van der Waals surface area contributed by atoms with Gasteiger partial charge in [-0.15, -0.1) is 0 Å². The van der Waals surface area contributed by atoms with Crippen molar-refractivity contribution in [2.45, 2.75) is 13.0 Å². The van der Waals surface area contributed by atoms with E-state index in [1.807, 2.05) is 25.1 Å². The molecule has 4 rings (SSSR count). The molecule has 1 unspecified atom stereocenters. The molecular formula is C24H20N2O4. The third-order valence-corrected chi connectivity index (χ3v) is 5.11. The molecule has 1 fully saturated rings. The van der Waals surface area contributed by atoms with E-state index in [1.54, 1.807) is 62.0 Å². The van der Waals surface area contributed by atoms with E-state index in [4.69, 9.17) is 4.74 Å². The van der Waals surface area contributed by atoms with Crippen LogP contribution in [0.1, 0.15) is 22.7 Å². The number of ether oxygens (including phenoxy) is 1. The van der Waals surface area contributed by atoms with Gasteiger partial charge in [-0.05, 0) is 66.6 Å². The second-order valence-electron chi connectivity index (χ2n) is 7.02. The quantitative estimate of drug-likeness (QED) is 0.406. The topological polar surface area (TPSA) is 79.7 Å². The minimum Gasteiger partial charge on any atom is -0.507 e. The minimum atomic E-state index is -0.767. The van der Waals surface area contributed by atoms with Crippen LogP contribution in [0.2, 0.25) is 0 Å². The Bertz CT molecular complexity index is 1140. The average molecular weight is 400 g/mol. The summed E-state index contributed by atoms with van der Waals surface area (Å²) in [5.74, 6) is -1.02. The van der Waals surface area contributed by atoms with Crippen LogP contribution in [0.15, 0.2) is 78.6 Å². The molecule has 1 aliphatic rings. The average Bonchev–Trinajstić information content (AvgIpc) is 3.04. The molecule has 1 N–H and O–H groups in total. The Balaban J connectivity index is 1.92. The second kappa shape index (κ2) is 7.83. The summed E-state index contributed by atoms with van der Waals surface area (Å²) in [5, 5.41) is 11.0. The van der Waals surface area contributed by atoms with Crippen LogP contribution in [0, 0.1) is 6.92 Å². The fourth-order valence-electron chi connectivity index (χ4n) is 3.64. The molecule has 0 spiro atoms. The molecule has 3 aromatic rings. The van der Waals surface area contributed by atoms with Crippen molar-refractivity contribution in [2.75, 3.05) is 12.0 Å². The number of hydrogen-bond donors (Lipinski definition) is 1. The predicted molar refractivity (Wildman–Crippen MR) is 113 cm³/mol. The lowest BCUT2D eigenvalue weighted by atomic mass is 9.95. The van der Waals surface area contributed by atoms with Crippen LogP contribution in [0.4, 0.5) is 5.69 Å². The smallest absolute Gasteiger partial charge is 0.300 e. The van der Waals surface area contributed by atoms with E-state index in [0.29, 0.717) is 22.6 Å². The number of methoxy groups -OCH3 is 1. The highest BCUT2D eigenvalue weighted by atomic mass is 16.5. The van der Waals surface area contributed by atoms with Gasteiger partial charge in [0.05, 0.1) is 18.7 Å². The molecular weight excluding hydrogens is 380 g/mol. The number of Topliss-reactive ketones (excluding diaryl/α,β-unsaturated/α-hetero) is 1. The Morgan fingerprint density at radius 1 is 1.03 bits per heavy atom. The molecule has 0 radical (unpaired) electrons. The Morgan fingerprint density at radius 3 is 2.37 bits per heavy atom. The van der Waals surface area contributed by atoms with Gasteiger partial charge in [0.15, 0.2) is 0 Å². The van der Waals surface area contributed by atoms with Gasteiger partial charge < -0.3 is 9.84 Å². The third kappa shape index (κ3) is 3.33. The van der Waals surface area contributed by atoms with E-state index in [-0.39, 0.29) is 11.3 Å². The number of aromatic nitrogens is 1. The van der Waals surface area contributed by atoms with Gasteiger partial charge in [-0.25, -0.2) is 0 Å². The van der Waals surface area contributed by atoms with Crippen molar-refractivity contribution in [3.05, 3.63) is 95.3 Å². The molecule has 1 atom stereocenters. The van der Waals surface area contributed by atoms with Crippen molar-refractivity contribution >= 4 is 23.1 Å². The molecule has 30 heavy (non-hydrogen) atoms. The molecule has 1 aromatic heterocycles. The van der Waals surface area contributed by atoms with Gasteiger partial charge >= 0.3 is 0 Å². The predicted octanol–water partition coefficient (Wildman–Crippen LogP) is 4.02. The second-order valence-corrected chi connectivity index (χ2v) is 7.02. The number of anilines is 1. The number of carbonyl (C=O) groups is 2. The molecule has 150 valence electrons. The number of aryl methyl sites for hydroxylation is 1. The first-order chi connectivity index (χ1) is 14.5. The normalized spacial score (nSPS) is 17.9. The number of rotatable bonds is 4. The van der Waals surface area contributed by atoms with Crippen LogP contribution in [-0.4, -0.2) is 28.9 Å². The minimum absolute atomic E-state index is 0.0397. The van der Waals surface area contributed by atoms with E-state index in [1.165, 1.54) is 4.90 Å². The first-order valence-electron chi connectivity index (χ1n) is 9.43. The van der Waals surface area contributed by atoms with Crippen LogP contribution in [0.25, 0.3) is 5.76 Å². The van der Waals surface area contributed by atoms with E-state index in [9.17, 15) is 14.7 Å². The number of benzene rings is 2. The zero-order valence-corrected chi connectivity index (χ0v) is 16.6. The molecule has 2 heterocycles. The van der Waals surface area contributed by atoms with Crippen molar-refractivity contribution in [3.63, 3.8) is 0 Å². The molecule has 0 aliphatic carbocycles. The molecule has 1 amide bonds. The SMILES string of the molecule is COc1ccc(/C(O)=C2\C(=O)C(=O)N(c3cccc(C)c3)C2c2ccncc2)cc1. The molecule has 6 heteroatoms. The third-order valence-electron chi connectivity index (χ3n) is 5.11. The lowest BCUT2D eigenvalue weighted by Gasteiger charge is -2.25. The fourth-order valence-corrected chi connectivity index (χ4v) is 3.64. The summed E-state index contributed by atoms with van der Waals surface area (Å²) in [4.78, 5) is 31.6. The standard InChI is InChI=1S/C24H20N2O4/c1-15-4-3-5-18(14-15)26-21(16-10-12-25-13-11-16)20(23(28)24(26)29)22(27)17-6-8-19(30-2)9-7-17/h3-14,21,27H,1-2H3/b22-20+. The Morgan fingerprint density at radius 2 is 1.73 bits per heavy atom. The van der Waals surface area contributed by atoms with Crippen molar-refractivity contribution in [2.24, 2.45) is 0 Å². The number of hydrogen-bond acceptors (Lipinski definition) is 5. The maximum atomic E-state index is 13.0. The van der Waals surface area contributed by atoms with Crippen LogP contribution < -0.4 is 9.64 Å². The maximum Gasteiger partial charge on any atom is 0.300 e. The van der Waals surface area contributed by atoms with Crippen LogP contribution in [-0.2, 0) is 9.59 Å². The number of ketones is 1. The first kappa shape index (κ1) is 19.4. The lowest BCUT2D eigenvalue weighted by Crippen LogP contribution is -2.29. The Kier molecular flexibility index (Phi) is 5.06. The van der Waals surface area contributed by atoms with Gasteiger partial charge in [0.25, 0.3) is 11.7 Å². The fraction of sp³-hybridized carbons (Fsp3) is 0.125. The molecule has 1 aliphatic heterocycles. The van der Waals surface area contributed by atoms with Crippen molar-refractivity contribution < 1.29 is 19.4 Å². The molecule has 1 saturated heterocycles. The highest BCUT2D eigenvalue weighted by Gasteiger charge is 2.46. The number of nitrogens with zero attached hydrogens (tertiary/aromatic N) is 2. The highest BCUT2D eigenvalue weighted by molar-refractivity contribution is 6.51. The van der Waals surface area contributed by atoms with E-state index >= 15 is 0 Å². The van der Waals surface area contributed by atoms with Crippen LogP contribution >= 0.6 is 0 Å². The molecule has 6 nitrogen and oxygen atoms in total. The van der Waals surface area contributed by atoms with Gasteiger partial charge in [-0.3, -0.25) is 19.5 Å². The monoisotopic (exact) mass is 400 g/mol. The van der Waals surface area contributed by atoms with Crippen molar-refractivity contribution in [3.8, 4) is 5.75 Å². The highest BCUT2D eigenvalue weighted by Crippen LogP contribution is 2.42. The molecule has 2 aromatic carbocycles. The van der Waals surface area contributed by atoms with Gasteiger partial charge in [0.2, 0.25) is 0 Å². The van der Waals surface area contributed by atoms with E-state index in [0.717, 1.165) is 5.56 Å². The van der Waals surface area contributed by atoms with Crippen LogP contribution in [0.3, 0.4) is 0 Å². The summed E-state index contributed by atoms with van der Waals surface area (Å²) in [5.41, 5.74) is 2.70. The number of carbonyl (C=O) groups excluding carboxylic acids is 2. The summed E-state index contributed by atoms with van der Waals surface area (Å²) < 4.78 is 5.16. The maximum absolute atomic E-state index is 13.0.